The molecule has 0 aliphatic rings. The highest BCUT2D eigenvalue weighted by molar-refractivity contribution is 14.1. The van der Waals surface area contributed by atoms with Crippen molar-refractivity contribution >= 4 is 39.9 Å². The Bertz CT molecular complexity index is 587. The third kappa shape index (κ3) is 3.76. The molecule has 0 aliphatic heterocycles. The average molecular weight is 387 g/mol. The Labute approximate surface area is 130 Å². The van der Waals surface area contributed by atoms with E-state index in [2.05, 4.69) is 27.6 Å². The van der Waals surface area contributed by atoms with Crippen molar-refractivity contribution in [2.45, 2.75) is 26.4 Å². The molecule has 1 aromatic carbocycles. The number of aromatic nitrogens is 1. The first-order valence-corrected chi connectivity index (χ1v) is 7.71. The Morgan fingerprint density at radius 3 is 2.47 bits per heavy atom. The lowest BCUT2D eigenvalue weighted by molar-refractivity contribution is 0.00645. The zero-order valence-electron chi connectivity index (χ0n) is 10.9. The molecule has 0 spiro atoms. The van der Waals surface area contributed by atoms with Gasteiger partial charge in [-0.2, -0.15) is 0 Å². The summed E-state index contributed by atoms with van der Waals surface area (Å²) in [6.07, 6.45) is 0. The highest BCUT2D eigenvalue weighted by atomic mass is 127. The topological polar surface area (TPSA) is 39.2 Å². The maximum Gasteiger partial charge on any atom is 0.359 e. The van der Waals surface area contributed by atoms with Crippen molar-refractivity contribution in [1.29, 1.82) is 0 Å². The fourth-order valence-corrected chi connectivity index (χ4v) is 3.23. The molecule has 0 N–H and O–H groups in total. The Morgan fingerprint density at radius 2 is 1.89 bits per heavy atom. The second kappa shape index (κ2) is 5.58. The van der Waals surface area contributed by atoms with Gasteiger partial charge in [-0.1, -0.05) is 30.3 Å². The summed E-state index contributed by atoms with van der Waals surface area (Å²) in [6, 6.07) is 9.78. The fraction of sp³-hybridized carbons (Fsp3) is 0.286. The lowest BCUT2D eigenvalue weighted by atomic mass is 10.1. The Hall–Kier alpha value is -0.950. The number of carbonyl (C=O) groups excluding carboxylic acids is 1. The zero-order valence-corrected chi connectivity index (χ0v) is 13.9. The number of carbonyl (C=O) groups is 1. The third-order valence-corrected chi connectivity index (χ3v) is 4.02. The van der Waals surface area contributed by atoms with E-state index in [0.717, 1.165) is 13.5 Å². The molecule has 0 saturated heterocycles. The molecule has 0 bridgehead atoms. The van der Waals surface area contributed by atoms with Crippen molar-refractivity contribution in [3.8, 4) is 10.4 Å². The number of thiazole rings is 1. The van der Waals surface area contributed by atoms with Gasteiger partial charge in [0.1, 0.15) is 5.60 Å². The smallest absolute Gasteiger partial charge is 0.359 e. The first-order valence-electron chi connectivity index (χ1n) is 5.82. The standard InChI is InChI=1S/C14H14INO2S/c1-14(2,3)18-12(17)10-11(19-13(15)16-10)9-7-5-4-6-8-9/h4-8H,1-3H3. The highest BCUT2D eigenvalue weighted by Gasteiger charge is 2.24. The van der Waals surface area contributed by atoms with Crippen LogP contribution in [0.3, 0.4) is 0 Å². The van der Waals surface area contributed by atoms with Crippen molar-refractivity contribution in [2.75, 3.05) is 0 Å². The second-order valence-corrected chi connectivity index (χ2v) is 7.77. The number of benzene rings is 1. The van der Waals surface area contributed by atoms with E-state index in [1.54, 1.807) is 0 Å². The maximum absolute atomic E-state index is 12.2. The van der Waals surface area contributed by atoms with E-state index >= 15 is 0 Å². The predicted molar refractivity (Wildman–Crippen MR) is 85.4 cm³/mol. The summed E-state index contributed by atoms with van der Waals surface area (Å²) in [5, 5.41) is 0. The molecule has 2 aromatic rings. The second-order valence-electron chi connectivity index (χ2n) is 5.01. The molecule has 0 unspecified atom stereocenters. The summed E-state index contributed by atoms with van der Waals surface area (Å²) < 4.78 is 6.23. The van der Waals surface area contributed by atoms with Crippen LogP contribution in [-0.4, -0.2) is 16.6 Å². The molecule has 19 heavy (non-hydrogen) atoms. The van der Waals surface area contributed by atoms with Crippen molar-refractivity contribution in [1.82, 2.24) is 4.98 Å². The normalized spacial score (nSPS) is 11.4. The molecule has 2 rings (SSSR count). The summed E-state index contributed by atoms with van der Waals surface area (Å²) in [7, 11) is 0. The molecule has 0 amide bonds. The quantitative estimate of drug-likeness (QED) is 0.568. The SMILES string of the molecule is CC(C)(C)OC(=O)c1nc(I)sc1-c1ccccc1. The number of rotatable bonds is 2. The number of nitrogens with zero attached hydrogens (tertiary/aromatic N) is 1. The summed E-state index contributed by atoms with van der Waals surface area (Å²) in [6.45, 7) is 5.55. The van der Waals surface area contributed by atoms with Crippen molar-refractivity contribution in [2.24, 2.45) is 0 Å². The molecular weight excluding hydrogens is 373 g/mol. The maximum atomic E-state index is 12.2. The molecule has 5 heteroatoms. The molecule has 1 aromatic heterocycles. The molecule has 0 aliphatic carbocycles. The summed E-state index contributed by atoms with van der Waals surface area (Å²) in [5.74, 6) is -0.370. The van der Waals surface area contributed by atoms with Gasteiger partial charge in [0.2, 0.25) is 0 Å². The number of esters is 1. The zero-order chi connectivity index (χ0) is 14.0. The van der Waals surface area contributed by atoms with Crippen LogP contribution < -0.4 is 0 Å². The minimum atomic E-state index is -0.514. The molecular formula is C14H14INO2S. The molecule has 1 heterocycles. The van der Waals surface area contributed by atoms with Crippen LogP contribution in [0.15, 0.2) is 30.3 Å². The van der Waals surface area contributed by atoms with Crippen LogP contribution in [-0.2, 0) is 4.74 Å². The first-order chi connectivity index (χ1) is 8.87. The van der Waals surface area contributed by atoms with Crippen LogP contribution in [0.4, 0.5) is 0 Å². The predicted octanol–water partition coefficient (Wildman–Crippen LogP) is 4.37. The minimum absolute atomic E-state index is 0.370. The van der Waals surface area contributed by atoms with Crippen molar-refractivity contribution < 1.29 is 9.53 Å². The van der Waals surface area contributed by atoms with Gasteiger partial charge in [-0.05, 0) is 48.9 Å². The van der Waals surface area contributed by atoms with Gasteiger partial charge in [0.15, 0.2) is 8.71 Å². The number of hydrogen-bond donors (Lipinski definition) is 0. The van der Waals surface area contributed by atoms with Gasteiger partial charge in [0.05, 0.1) is 4.88 Å². The fourth-order valence-electron chi connectivity index (χ4n) is 1.54. The van der Waals surface area contributed by atoms with Crippen LogP contribution in [0.25, 0.3) is 10.4 Å². The summed E-state index contributed by atoms with van der Waals surface area (Å²) in [4.78, 5) is 17.3. The van der Waals surface area contributed by atoms with E-state index in [1.807, 2.05) is 51.1 Å². The average Bonchev–Trinajstić information content (AvgIpc) is 2.70. The Morgan fingerprint density at radius 1 is 1.26 bits per heavy atom. The van der Waals surface area contributed by atoms with Crippen LogP contribution >= 0.6 is 33.9 Å². The van der Waals surface area contributed by atoms with Gasteiger partial charge in [-0.3, -0.25) is 0 Å². The van der Waals surface area contributed by atoms with Crippen LogP contribution in [0.5, 0.6) is 0 Å². The van der Waals surface area contributed by atoms with E-state index in [9.17, 15) is 4.79 Å². The molecule has 3 nitrogen and oxygen atoms in total. The monoisotopic (exact) mass is 387 g/mol. The van der Waals surface area contributed by atoms with Crippen LogP contribution in [0.1, 0.15) is 31.3 Å². The summed E-state index contributed by atoms with van der Waals surface area (Å²) in [5.41, 5.74) is 0.874. The molecule has 0 saturated carbocycles. The first kappa shape index (κ1) is 14.5. The lowest BCUT2D eigenvalue weighted by Crippen LogP contribution is -2.24. The van der Waals surface area contributed by atoms with E-state index in [4.69, 9.17) is 4.74 Å². The van der Waals surface area contributed by atoms with Crippen LogP contribution in [0.2, 0.25) is 0 Å². The van der Waals surface area contributed by atoms with Crippen LogP contribution in [0, 0.1) is 3.01 Å². The number of halogens is 1. The van der Waals surface area contributed by atoms with Gasteiger partial charge in [-0.15, -0.1) is 11.3 Å². The number of ether oxygens (including phenoxy) is 1. The Kier molecular flexibility index (Phi) is 4.25. The molecule has 100 valence electrons. The third-order valence-electron chi connectivity index (χ3n) is 2.23. The molecule has 0 fully saturated rings. The molecule has 0 atom stereocenters. The van der Waals surface area contributed by atoms with Gasteiger partial charge in [0.25, 0.3) is 0 Å². The van der Waals surface area contributed by atoms with Gasteiger partial charge in [-0.25, -0.2) is 9.78 Å². The van der Waals surface area contributed by atoms with Gasteiger partial charge >= 0.3 is 5.97 Å². The highest BCUT2D eigenvalue weighted by Crippen LogP contribution is 2.32. The Balaban J connectivity index is 2.40. The van der Waals surface area contributed by atoms with E-state index in [0.29, 0.717) is 5.69 Å². The van der Waals surface area contributed by atoms with Crippen molar-refractivity contribution in [3.63, 3.8) is 0 Å². The van der Waals surface area contributed by atoms with Gasteiger partial charge < -0.3 is 4.74 Å². The lowest BCUT2D eigenvalue weighted by Gasteiger charge is -2.19. The summed E-state index contributed by atoms with van der Waals surface area (Å²) >= 11 is 3.62. The van der Waals surface area contributed by atoms with E-state index < -0.39 is 5.60 Å². The van der Waals surface area contributed by atoms with Gasteiger partial charge in [0, 0.05) is 0 Å². The molecule has 0 radical (unpaired) electrons. The number of hydrogen-bond acceptors (Lipinski definition) is 4. The van der Waals surface area contributed by atoms with E-state index in [1.165, 1.54) is 11.3 Å². The minimum Gasteiger partial charge on any atom is -0.455 e. The largest absolute Gasteiger partial charge is 0.455 e. The van der Waals surface area contributed by atoms with E-state index in [-0.39, 0.29) is 5.97 Å². The van der Waals surface area contributed by atoms with Crippen molar-refractivity contribution in [3.05, 3.63) is 39.0 Å².